The Morgan fingerprint density at radius 1 is 1.33 bits per heavy atom. The van der Waals surface area contributed by atoms with E-state index >= 15 is 0 Å². The van der Waals surface area contributed by atoms with E-state index in [9.17, 15) is 9.90 Å². The van der Waals surface area contributed by atoms with Crippen LogP contribution in [0.2, 0.25) is 0 Å². The Bertz CT molecular complexity index is 566. The van der Waals surface area contributed by atoms with Crippen LogP contribution < -0.4 is 5.56 Å². The average Bonchev–Trinajstić information content (AvgIpc) is 2.39. The standard InChI is InChI=1S/C13H14N2O2S/c1-2-11(16)9-3-5-10(6-4-9)18-13-14-8-7-12(17)15-13/h3-8,11,16H,2H2,1H3,(H,14,15,17). The molecule has 1 aromatic heterocycles. The Labute approximate surface area is 109 Å². The van der Waals surface area contributed by atoms with Crippen LogP contribution in [0.15, 0.2) is 51.4 Å². The second-order valence-corrected chi connectivity index (χ2v) is 4.90. The maximum Gasteiger partial charge on any atom is 0.251 e. The lowest BCUT2D eigenvalue weighted by Gasteiger charge is -2.08. The van der Waals surface area contributed by atoms with Crippen LogP contribution in [0.1, 0.15) is 25.0 Å². The summed E-state index contributed by atoms with van der Waals surface area (Å²) < 4.78 is 0. The number of aliphatic hydroxyl groups is 1. The van der Waals surface area contributed by atoms with E-state index in [-0.39, 0.29) is 5.56 Å². The van der Waals surface area contributed by atoms with E-state index in [4.69, 9.17) is 0 Å². The van der Waals surface area contributed by atoms with Gasteiger partial charge in [0.2, 0.25) is 0 Å². The highest BCUT2D eigenvalue weighted by atomic mass is 32.2. The first kappa shape index (κ1) is 12.9. The molecule has 1 unspecified atom stereocenters. The van der Waals surface area contributed by atoms with E-state index < -0.39 is 6.10 Å². The SMILES string of the molecule is CCC(O)c1ccc(Sc2nccc(=O)[nH]2)cc1. The van der Waals surface area contributed by atoms with Gasteiger partial charge in [-0.3, -0.25) is 4.79 Å². The van der Waals surface area contributed by atoms with Gasteiger partial charge in [0.1, 0.15) is 0 Å². The third-order valence-electron chi connectivity index (χ3n) is 2.51. The van der Waals surface area contributed by atoms with Gasteiger partial charge in [-0.05, 0) is 24.1 Å². The van der Waals surface area contributed by atoms with Crippen molar-refractivity contribution >= 4 is 11.8 Å². The third kappa shape index (κ3) is 3.21. The summed E-state index contributed by atoms with van der Waals surface area (Å²) in [6, 6.07) is 8.97. The molecule has 0 amide bonds. The molecule has 0 aliphatic rings. The summed E-state index contributed by atoms with van der Waals surface area (Å²) >= 11 is 1.38. The largest absolute Gasteiger partial charge is 0.388 e. The molecule has 2 rings (SSSR count). The number of nitrogens with one attached hydrogen (secondary N) is 1. The summed E-state index contributed by atoms with van der Waals surface area (Å²) in [6.45, 7) is 1.94. The van der Waals surface area contributed by atoms with Crippen LogP contribution in [0.4, 0.5) is 0 Å². The smallest absolute Gasteiger partial charge is 0.251 e. The molecular formula is C13H14N2O2S. The van der Waals surface area contributed by atoms with Crippen molar-refractivity contribution in [2.75, 3.05) is 0 Å². The lowest BCUT2D eigenvalue weighted by molar-refractivity contribution is 0.173. The molecule has 0 bridgehead atoms. The molecule has 0 spiro atoms. The molecule has 1 aromatic carbocycles. The predicted octanol–water partition coefficient (Wildman–Crippen LogP) is 2.36. The molecule has 94 valence electrons. The van der Waals surface area contributed by atoms with Crippen molar-refractivity contribution in [3.8, 4) is 0 Å². The number of hydrogen-bond acceptors (Lipinski definition) is 4. The average molecular weight is 262 g/mol. The van der Waals surface area contributed by atoms with Gasteiger partial charge < -0.3 is 10.1 Å². The van der Waals surface area contributed by atoms with Crippen molar-refractivity contribution in [3.63, 3.8) is 0 Å². The number of rotatable bonds is 4. The summed E-state index contributed by atoms with van der Waals surface area (Å²) in [4.78, 5) is 18.8. The van der Waals surface area contributed by atoms with Gasteiger partial charge in [0.15, 0.2) is 5.16 Å². The number of aliphatic hydroxyl groups excluding tert-OH is 1. The predicted molar refractivity (Wildman–Crippen MR) is 70.7 cm³/mol. The topological polar surface area (TPSA) is 66.0 Å². The first-order chi connectivity index (χ1) is 8.69. The summed E-state index contributed by atoms with van der Waals surface area (Å²) in [5.41, 5.74) is 0.738. The second-order valence-electron chi connectivity index (χ2n) is 3.83. The van der Waals surface area contributed by atoms with E-state index in [0.29, 0.717) is 11.6 Å². The Balaban J connectivity index is 2.13. The van der Waals surface area contributed by atoms with Crippen LogP contribution in [0.3, 0.4) is 0 Å². The third-order valence-corrected chi connectivity index (χ3v) is 3.42. The van der Waals surface area contributed by atoms with Gasteiger partial charge in [-0.2, -0.15) is 0 Å². The van der Waals surface area contributed by atoms with Crippen LogP contribution in [0.5, 0.6) is 0 Å². The first-order valence-electron chi connectivity index (χ1n) is 5.70. The van der Waals surface area contributed by atoms with E-state index in [1.807, 2.05) is 31.2 Å². The molecular weight excluding hydrogens is 248 g/mol. The minimum absolute atomic E-state index is 0.162. The van der Waals surface area contributed by atoms with E-state index in [0.717, 1.165) is 10.5 Å². The highest BCUT2D eigenvalue weighted by Gasteiger charge is 2.05. The maximum atomic E-state index is 11.1. The Hall–Kier alpha value is -1.59. The molecule has 1 heterocycles. The molecule has 2 aromatic rings. The molecule has 0 radical (unpaired) electrons. The normalized spacial score (nSPS) is 12.3. The van der Waals surface area contributed by atoms with Gasteiger partial charge in [0.05, 0.1) is 6.10 Å². The molecule has 0 fully saturated rings. The Morgan fingerprint density at radius 3 is 2.67 bits per heavy atom. The number of H-pyrrole nitrogens is 1. The van der Waals surface area contributed by atoms with Crippen LogP contribution in [-0.4, -0.2) is 15.1 Å². The summed E-state index contributed by atoms with van der Waals surface area (Å²) in [7, 11) is 0. The monoisotopic (exact) mass is 262 g/mol. The number of hydrogen-bond donors (Lipinski definition) is 2. The zero-order valence-corrected chi connectivity index (χ0v) is 10.8. The molecule has 0 aliphatic heterocycles. The maximum absolute atomic E-state index is 11.1. The van der Waals surface area contributed by atoms with Crippen LogP contribution >= 0.6 is 11.8 Å². The number of aromatic nitrogens is 2. The van der Waals surface area contributed by atoms with Crippen molar-refractivity contribution < 1.29 is 5.11 Å². The van der Waals surface area contributed by atoms with Crippen molar-refractivity contribution in [2.24, 2.45) is 0 Å². The van der Waals surface area contributed by atoms with Gasteiger partial charge in [-0.1, -0.05) is 30.8 Å². The Morgan fingerprint density at radius 2 is 2.06 bits per heavy atom. The number of nitrogens with zero attached hydrogens (tertiary/aromatic N) is 1. The van der Waals surface area contributed by atoms with Gasteiger partial charge >= 0.3 is 0 Å². The van der Waals surface area contributed by atoms with E-state index in [2.05, 4.69) is 9.97 Å². The van der Waals surface area contributed by atoms with Gasteiger partial charge in [-0.25, -0.2) is 4.98 Å². The molecule has 0 aliphatic carbocycles. The Kier molecular flexibility index (Phi) is 4.17. The minimum atomic E-state index is -0.418. The number of aromatic amines is 1. The fraction of sp³-hybridized carbons (Fsp3) is 0.231. The van der Waals surface area contributed by atoms with Crippen molar-refractivity contribution in [1.29, 1.82) is 0 Å². The van der Waals surface area contributed by atoms with Crippen molar-refractivity contribution in [3.05, 3.63) is 52.4 Å². The van der Waals surface area contributed by atoms with Crippen LogP contribution in [0.25, 0.3) is 0 Å². The van der Waals surface area contributed by atoms with E-state index in [1.54, 1.807) is 0 Å². The highest BCUT2D eigenvalue weighted by molar-refractivity contribution is 7.99. The zero-order valence-electron chi connectivity index (χ0n) is 9.96. The van der Waals surface area contributed by atoms with E-state index in [1.165, 1.54) is 24.0 Å². The summed E-state index contributed by atoms with van der Waals surface area (Å²) in [5.74, 6) is 0. The molecule has 2 N–H and O–H groups in total. The molecule has 0 saturated heterocycles. The van der Waals surface area contributed by atoms with Crippen molar-refractivity contribution in [1.82, 2.24) is 9.97 Å². The summed E-state index contributed by atoms with van der Waals surface area (Å²) in [5, 5.41) is 10.2. The first-order valence-corrected chi connectivity index (χ1v) is 6.52. The fourth-order valence-electron chi connectivity index (χ4n) is 1.51. The molecule has 4 nitrogen and oxygen atoms in total. The van der Waals surface area contributed by atoms with Crippen LogP contribution in [0, 0.1) is 0 Å². The highest BCUT2D eigenvalue weighted by Crippen LogP contribution is 2.25. The van der Waals surface area contributed by atoms with Gasteiger partial charge in [0, 0.05) is 17.2 Å². The minimum Gasteiger partial charge on any atom is -0.388 e. The fourth-order valence-corrected chi connectivity index (χ4v) is 2.27. The van der Waals surface area contributed by atoms with Gasteiger partial charge in [0.25, 0.3) is 5.56 Å². The summed E-state index contributed by atoms with van der Waals surface area (Å²) in [6.07, 6.45) is 1.76. The van der Waals surface area contributed by atoms with Crippen molar-refractivity contribution in [2.45, 2.75) is 29.5 Å². The lowest BCUT2D eigenvalue weighted by Crippen LogP contribution is -2.04. The van der Waals surface area contributed by atoms with Crippen LogP contribution in [-0.2, 0) is 0 Å². The molecule has 5 heteroatoms. The molecule has 18 heavy (non-hydrogen) atoms. The van der Waals surface area contributed by atoms with Gasteiger partial charge in [-0.15, -0.1) is 0 Å². The second kappa shape index (κ2) is 5.84. The molecule has 0 saturated carbocycles. The lowest BCUT2D eigenvalue weighted by atomic mass is 10.1. The molecule has 1 atom stereocenters. The zero-order chi connectivity index (χ0) is 13.0. The quantitative estimate of drug-likeness (QED) is 0.830. The number of benzene rings is 1.